The molecule has 0 radical (unpaired) electrons. The van der Waals surface area contributed by atoms with Crippen LogP contribution in [0.25, 0.3) is 60.0 Å². The molecule has 6 aromatic rings. The maximum atomic E-state index is 2.59. The molecule has 0 N–H and O–H groups in total. The van der Waals surface area contributed by atoms with E-state index >= 15 is 0 Å². The minimum absolute atomic E-state index is 0.105. The van der Waals surface area contributed by atoms with E-state index in [0.717, 1.165) is 6.42 Å². The molecule has 0 aliphatic heterocycles. The number of hydrogen-bond acceptors (Lipinski definition) is 1. The summed E-state index contributed by atoms with van der Waals surface area (Å²) in [4.78, 5) is 1.45. The molecule has 42 heavy (non-hydrogen) atoms. The summed E-state index contributed by atoms with van der Waals surface area (Å²) in [5.41, 5.74) is 14.7. The van der Waals surface area contributed by atoms with Crippen molar-refractivity contribution in [1.29, 1.82) is 0 Å². The van der Waals surface area contributed by atoms with Gasteiger partial charge in [-0.05, 0) is 133 Å². The first-order chi connectivity index (χ1) is 20.6. The van der Waals surface area contributed by atoms with E-state index in [1.165, 1.54) is 107 Å². The van der Waals surface area contributed by atoms with Crippen LogP contribution in [0.1, 0.15) is 41.3 Å². The van der Waals surface area contributed by atoms with Gasteiger partial charge in [-0.15, -0.1) is 11.3 Å². The summed E-state index contributed by atoms with van der Waals surface area (Å²) in [5.74, 6) is 0. The number of aryl methyl sites for hydroxylation is 2. The first-order valence-corrected chi connectivity index (χ1v) is 16.2. The first-order valence-electron chi connectivity index (χ1n) is 15.4. The molecule has 0 spiro atoms. The lowest BCUT2D eigenvalue weighted by Crippen LogP contribution is -2.27. The summed E-state index contributed by atoms with van der Waals surface area (Å²) in [7, 11) is 0. The van der Waals surface area contributed by atoms with Gasteiger partial charge < -0.3 is 0 Å². The monoisotopic (exact) mass is 554 g/mol. The highest BCUT2D eigenvalue weighted by molar-refractivity contribution is 7.20. The molecule has 0 amide bonds. The van der Waals surface area contributed by atoms with Crippen LogP contribution in [0.2, 0.25) is 0 Å². The Kier molecular flexibility index (Phi) is 4.57. The van der Waals surface area contributed by atoms with E-state index in [-0.39, 0.29) is 5.41 Å². The van der Waals surface area contributed by atoms with Crippen molar-refractivity contribution in [3.8, 4) is 22.3 Å². The van der Waals surface area contributed by atoms with Crippen LogP contribution in [0.3, 0.4) is 0 Å². The fourth-order valence-electron chi connectivity index (χ4n) is 8.16. The average molecular weight is 555 g/mol. The Hall–Kier alpha value is -4.20. The average Bonchev–Trinajstić information content (AvgIpc) is 3.33. The minimum atomic E-state index is 0.105. The molecular weight excluding hydrogens is 525 g/mol. The molecule has 5 aromatic carbocycles. The SMILES string of the molecule is CC12C=C3CCC3=CC1=Cc1sc3ccc(-c4c5ccccc5c(-c5ccc6c(c5)CC6)c5ccccc45)cc3c1C2. The van der Waals surface area contributed by atoms with Gasteiger partial charge in [0.05, 0.1) is 0 Å². The van der Waals surface area contributed by atoms with Gasteiger partial charge in [0, 0.05) is 15.0 Å². The first kappa shape index (κ1) is 23.4. The van der Waals surface area contributed by atoms with Crippen molar-refractivity contribution in [3.63, 3.8) is 0 Å². The Morgan fingerprint density at radius 3 is 1.86 bits per heavy atom. The Labute approximate surface area is 250 Å². The molecule has 4 aliphatic carbocycles. The van der Waals surface area contributed by atoms with Crippen LogP contribution in [-0.2, 0) is 19.3 Å². The van der Waals surface area contributed by atoms with Gasteiger partial charge in [-0.25, -0.2) is 0 Å². The smallest absolute Gasteiger partial charge is 0.0352 e. The zero-order chi connectivity index (χ0) is 27.6. The summed E-state index contributed by atoms with van der Waals surface area (Å²) in [6, 6.07) is 32.6. The third-order valence-electron chi connectivity index (χ3n) is 10.6. The summed E-state index contributed by atoms with van der Waals surface area (Å²) < 4.78 is 1.40. The highest BCUT2D eigenvalue weighted by Gasteiger charge is 2.37. The fourth-order valence-corrected chi connectivity index (χ4v) is 9.31. The number of fused-ring (bicyclic) bond motifs is 8. The quantitative estimate of drug-likeness (QED) is 0.187. The number of thiophene rings is 1. The summed E-state index contributed by atoms with van der Waals surface area (Å²) >= 11 is 1.97. The normalized spacial score (nSPS) is 20.1. The number of rotatable bonds is 2. The predicted octanol–water partition coefficient (Wildman–Crippen LogP) is 11.2. The molecule has 0 bridgehead atoms. The summed E-state index contributed by atoms with van der Waals surface area (Å²) in [6.07, 6.45) is 13.6. The zero-order valence-corrected chi connectivity index (χ0v) is 24.6. The molecule has 1 saturated carbocycles. The van der Waals surface area contributed by atoms with Crippen LogP contribution in [0, 0.1) is 5.41 Å². The van der Waals surface area contributed by atoms with Crippen molar-refractivity contribution < 1.29 is 0 Å². The van der Waals surface area contributed by atoms with Gasteiger partial charge in [-0.1, -0.05) is 91.9 Å². The lowest BCUT2D eigenvalue weighted by Gasteiger charge is -2.39. The van der Waals surface area contributed by atoms with E-state index in [1.807, 2.05) is 11.3 Å². The van der Waals surface area contributed by atoms with Crippen molar-refractivity contribution in [1.82, 2.24) is 0 Å². The van der Waals surface area contributed by atoms with Gasteiger partial charge in [0.25, 0.3) is 0 Å². The van der Waals surface area contributed by atoms with Gasteiger partial charge in [0.2, 0.25) is 0 Å². The highest BCUT2D eigenvalue weighted by Crippen LogP contribution is 2.53. The van der Waals surface area contributed by atoms with E-state index in [0.29, 0.717) is 0 Å². The van der Waals surface area contributed by atoms with Gasteiger partial charge in [0.15, 0.2) is 0 Å². The van der Waals surface area contributed by atoms with Gasteiger partial charge in [-0.3, -0.25) is 0 Å². The van der Waals surface area contributed by atoms with E-state index in [1.54, 1.807) is 11.1 Å². The third-order valence-corrected chi connectivity index (χ3v) is 11.7. The number of allylic oxidation sites excluding steroid dienone is 5. The molecule has 200 valence electrons. The second-order valence-electron chi connectivity index (χ2n) is 13.0. The molecular formula is C41H30S. The Morgan fingerprint density at radius 1 is 0.595 bits per heavy atom. The maximum Gasteiger partial charge on any atom is 0.0352 e. The van der Waals surface area contributed by atoms with Crippen molar-refractivity contribution in [2.24, 2.45) is 5.41 Å². The molecule has 0 saturated heterocycles. The molecule has 0 nitrogen and oxygen atoms in total. The van der Waals surface area contributed by atoms with Crippen LogP contribution in [-0.4, -0.2) is 0 Å². The molecule has 4 aliphatic rings. The molecule has 10 rings (SSSR count). The minimum Gasteiger partial charge on any atom is -0.136 e. The maximum absolute atomic E-state index is 2.59. The van der Waals surface area contributed by atoms with Crippen molar-refractivity contribution in [2.75, 3.05) is 0 Å². The Balaban J connectivity index is 1.22. The van der Waals surface area contributed by atoms with Crippen molar-refractivity contribution in [2.45, 2.75) is 39.0 Å². The highest BCUT2D eigenvalue weighted by atomic mass is 32.1. The van der Waals surface area contributed by atoms with Crippen LogP contribution in [0.4, 0.5) is 0 Å². The molecule has 1 heteroatoms. The topological polar surface area (TPSA) is 0 Å². The van der Waals surface area contributed by atoms with Crippen LogP contribution < -0.4 is 0 Å². The number of hydrogen-bond donors (Lipinski definition) is 0. The zero-order valence-electron chi connectivity index (χ0n) is 23.8. The van der Waals surface area contributed by atoms with Crippen LogP contribution >= 0.6 is 11.3 Å². The molecule has 1 heterocycles. The van der Waals surface area contributed by atoms with E-state index in [4.69, 9.17) is 0 Å². The Bertz CT molecular complexity index is 2230. The second kappa shape index (κ2) is 8.21. The molecule has 1 aromatic heterocycles. The molecule has 1 fully saturated rings. The van der Waals surface area contributed by atoms with Gasteiger partial charge in [-0.2, -0.15) is 0 Å². The fraction of sp³-hybridized carbons (Fsp3) is 0.171. The van der Waals surface area contributed by atoms with E-state index in [9.17, 15) is 0 Å². The van der Waals surface area contributed by atoms with Crippen LogP contribution in [0.5, 0.6) is 0 Å². The van der Waals surface area contributed by atoms with Crippen LogP contribution in [0.15, 0.2) is 114 Å². The standard InChI is InChI=1S/C41H30S/c1-41-22-29-15-13-26(29)19-30(41)21-38-36(23-41)35-20-28(16-17-37(35)42-38)40-33-8-4-2-6-31(33)39(32-7-3-5-9-34(32)40)27-14-11-24-10-12-25(24)18-27/h2-9,11,14,16-22H,10,12-13,15,23H2,1H3. The van der Waals surface area contributed by atoms with Crippen molar-refractivity contribution in [3.05, 3.63) is 135 Å². The molecule has 1 unspecified atom stereocenters. The van der Waals surface area contributed by atoms with Gasteiger partial charge in [0.1, 0.15) is 0 Å². The second-order valence-corrected chi connectivity index (χ2v) is 14.1. The summed E-state index contributed by atoms with van der Waals surface area (Å²) in [5, 5.41) is 6.80. The predicted molar refractivity (Wildman–Crippen MR) is 180 cm³/mol. The Morgan fingerprint density at radius 2 is 1.24 bits per heavy atom. The van der Waals surface area contributed by atoms with E-state index < -0.39 is 0 Å². The third kappa shape index (κ3) is 3.12. The largest absolute Gasteiger partial charge is 0.136 e. The van der Waals surface area contributed by atoms with Gasteiger partial charge >= 0.3 is 0 Å². The molecule has 1 atom stereocenters. The lowest BCUT2D eigenvalue weighted by molar-refractivity contribution is 0.503. The summed E-state index contributed by atoms with van der Waals surface area (Å²) in [6.45, 7) is 2.45. The van der Waals surface area contributed by atoms with Crippen molar-refractivity contribution >= 4 is 49.0 Å². The lowest BCUT2D eigenvalue weighted by atomic mass is 9.65. The van der Waals surface area contributed by atoms with E-state index in [2.05, 4.69) is 110 Å². The number of benzene rings is 5.